The third-order valence-corrected chi connectivity index (χ3v) is 3.44. The number of aryl methyl sites for hydroxylation is 1. The molecule has 1 aromatic carbocycles. The van der Waals surface area contributed by atoms with Crippen LogP contribution in [0.4, 0.5) is 0 Å². The molecule has 3 nitrogen and oxygen atoms in total. The second kappa shape index (κ2) is 5.25. The maximum absolute atomic E-state index is 6.26. The normalized spacial score (nSPS) is 22.4. The lowest BCUT2D eigenvalue weighted by atomic mass is 10.00. The average molecular weight is 256 g/mol. The van der Waals surface area contributed by atoms with Crippen LogP contribution in [-0.2, 0) is 4.84 Å². The van der Waals surface area contributed by atoms with Gasteiger partial charge in [0.05, 0.1) is 13.2 Å². The molecule has 1 aliphatic heterocycles. The van der Waals surface area contributed by atoms with E-state index in [1.807, 2.05) is 19.1 Å². The van der Waals surface area contributed by atoms with E-state index in [2.05, 4.69) is 12.4 Å². The van der Waals surface area contributed by atoms with Gasteiger partial charge in [0.25, 0.3) is 0 Å². The largest absolute Gasteiger partial charge is 0.488 e. The molecular weight excluding hydrogens is 238 g/mol. The van der Waals surface area contributed by atoms with Gasteiger partial charge in [-0.15, -0.1) is 0 Å². The summed E-state index contributed by atoms with van der Waals surface area (Å²) in [5.74, 6) is 0.908. The predicted molar refractivity (Wildman–Crippen MR) is 68.4 cm³/mol. The van der Waals surface area contributed by atoms with Crippen LogP contribution in [0.25, 0.3) is 0 Å². The van der Waals surface area contributed by atoms with Crippen LogP contribution in [-0.4, -0.2) is 13.2 Å². The summed E-state index contributed by atoms with van der Waals surface area (Å²) in [5, 5.41) is 0.735. The Morgan fingerprint density at radius 3 is 2.88 bits per heavy atom. The van der Waals surface area contributed by atoms with Crippen molar-refractivity contribution in [2.24, 2.45) is 0 Å². The molecule has 1 aromatic rings. The second-order valence-corrected chi connectivity index (χ2v) is 4.76. The third-order valence-electron chi connectivity index (χ3n) is 3.11. The Kier molecular flexibility index (Phi) is 3.92. The molecule has 1 heterocycles. The van der Waals surface area contributed by atoms with Crippen LogP contribution in [0.15, 0.2) is 12.1 Å². The van der Waals surface area contributed by atoms with Crippen molar-refractivity contribution in [1.82, 2.24) is 5.48 Å². The van der Waals surface area contributed by atoms with E-state index in [0.29, 0.717) is 0 Å². The zero-order valence-corrected chi connectivity index (χ0v) is 11.2. The minimum absolute atomic E-state index is 0.0161. The highest BCUT2D eigenvalue weighted by Crippen LogP contribution is 2.44. The van der Waals surface area contributed by atoms with Crippen LogP contribution in [0.2, 0.25) is 5.02 Å². The maximum Gasteiger partial charge on any atom is 0.129 e. The molecule has 0 saturated carbocycles. The number of hydrogen-bond donors (Lipinski definition) is 1. The third kappa shape index (κ3) is 2.28. The van der Waals surface area contributed by atoms with Gasteiger partial charge >= 0.3 is 0 Å². The van der Waals surface area contributed by atoms with Gasteiger partial charge in [0.1, 0.15) is 11.9 Å². The monoisotopic (exact) mass is 255 g/mol. The number of rotatable bonds is 4. The Morgan fingerprint density at radius 2 is 2.24 bits per heavy atom. The second-order valence-electron chi connectivity index (χ2n) is 4.35. The zero-order chi connectivity index (χ0) is 12.4. The van der Waals surface area contributed by atoms with Gasteiger partial charge in [-0.05, 0) is 25.0 Å². The number of hydrogen-bond acceptors (Lipinski definition) is 3. The standard InChI is InChI=1S/C13H18ClNO2/c1-4-5-10-12(15-16-3)11-9(14)7-6-8(2)13(11)17-10/h6-7,10,12,15H,4-5H2,1-3H3. The Labute approximate surface area is 107 Å². The summed E-state index contributed by atoms with van der Waals surface area (Å²) in [5.41, 5.74) is 5.13. The Hall–Kier alpha value is -0.770. The predicted octanol–water partition coefficient (Wildman–Crippen LogP) is 3.40. The van der Waals surface area contributed by atoms with Crippen molar-refractivity contribution >= 4 is 11.6 Å². The smallest absolute Gasteiger partial charge is 0.129 e. The lowest BCUT2D eigenvalue weighted by molar-refractivity contribution is 0.0268. The molecule has 0 saturated heterocycles. The van der Waals surface area contributed by atoms with Gasteiger partial charge in [-0.3, -0.25) is 0 Å². The van der Waals surface area contributed by atoms with Crippen LogP contribution < -0.4 is 10.2 Å². The molecular formula is C13H18ClNO2. The first-order valence-electron chi connectivity index (χ1n) is 5.93. The first-order chi connectivity index (χ1) is 8.19. The molecule has 0 amide bonds. The van der Waals surface area contributed by atoms with Gasteiger partial charge < -0.3 is 9.57 Å². The van der Waals surface area contributed by atoms with E-state index in [1.54, 1.807) is 7.11 Å². The summed E-state index contributed by atoms with van der Waals surface area (Å²) >= 11 is 6.26. The molecule has 0 fully saturated rings. The van der Waals surface area contributed by atoms with Crippen molar-refractivity contribution in [1.29, 1.82) is 0 Å². The molecule has 0 aromatic heterocycles. The zero-order valence-electron chi connectivity index (χ0n) is 10.4. The molecule has 0 radical (unpaired) electrons. The number of ether oxygens (including phenoxy) is 1. The summed E-state index contributed by atoms with van der Waals surface area (Å²) in [6.45, 7) is 4.18. The van der Waals surface area contributed by atoms with Gasteiger partial charge in [0.2, 0.25) is 0 Å². The summed E-state index contributed by atoms with van der Waals surface area (Å²) < 4.78 is 6.00. The van der Waals surface area contributed by atoms with Gasteiger partial charge in [-0.1, -0.05) is 31.0 Å². The van der Waals surface area contributed by atoms with E-state index in [-0.39, 0.29) is 12.1 Å². The minimum Gasteiger partial charge on any atom is -0.488 e. The summed E-state index contributed by atoms with van der Waals surface area (Å²) in [4.78, 5) is 5.07. The van der Waals surface area contributed by atoms with Crippen LogP contribution in [0.5, 0.6) is 5.75 Å². The summed E-state index contributed by atoms with van der Waals surface area (Å²) in [6.07, 6.45) is 2.14. The number of hydroxylamine groups is 1. The fourth-order valence-electron chi connectivity index (χ4n) is 2.31. The molecule has 4 heteroatoms. The molecule has 2 rings (SSSR count). The SMILES string of the molecule is CCCC1Oc2c(C)ccc(Cl)c2C1NOC. The number of benzene rings is 1. The fourth-order valence-corrected chi connectivity index (χ4v) is 2.57. The highest BCUT2D eigenvalue weighted by Gasteiger charge is 2.36. The van der Waals surface area contributed by atoms with Crippen molar-refractivity contribution in [3.8, 4) is 5.75 Å². The summed E-state index contributed by atoms with van der Waals surface area (Å²) in [7, 11) is 1.62. The van der Waals surface area contributed by atoms with Crippen molar-refractivity contribution in [3.63, 3.8) is 0 Å². The van der Waals surface area contributed by atoms with Crippen molar-refractivity contribution in [2.75, 3.05) is 7.11 Å². The lowest BCUT2D eigenvalue weighted by Crippen LogP contribution is -2.30. The van der Waals surface area contributed by atoms with Crippen LogP contribution in [0, 0.1) is 6.92 Å². The highest BCUT2D eigenvalue weighted by atomic mass is 35.5. The van der Waals surface area contributed by atoms with Gasteiger partial charge in [-0.25, -0.2) is 0 Å². The molecule has 0 aliphatic carbocycles. The molecule has 17 heavy (non-hydrogen) atoms. The van der Waals surface area contributed by atoms with Crippen molar-refractivity contribution in [2.45, 2.75) is 38.8 Å². The van der Waals surface area contributed by atoms with E-state index < -0.39 is 0 Å². The first-order valence-corrected chi connectivity index (χ1v) is 6.31. The number of nitrogens with one attached hydrogen (secondary N) is 1. The average Bonchev–Trinajstić information content (AvgIpc) is 2.66. The maximum atomic E-state index is 6.26. The van der Waals surface area contributed by atoms with Crippen LogP contribution >= 0.6 is 11.6 Å². The number of halogens is 1. The van der Waals surface area contributed by atoms with Gasteiger partial charge in [0, 0.05) is 10.6 Å². The molecule has 1 N–H and O–H groups in total. The number of fused-ring (bicyclic) bond motifs is 1. The fraction of sp³-hybridized carbons (Fsp3) is 0.538. The highest BCUT2D eigenvalue weighted by molar-refractivity contribution is 6.31. The lowest BCUT2D eigenvalue weighted by Gasteiger charge is -2.18. The topological polar surface area (TPSA) is 30.5 Å². The molecule has 0 spiro atoms. The molecule has 94 valence electrons. The van der Waals surface area contributed by atoms with E-state index in [4.69, 9.17) is 21.2 Å². The Balaban J connectivity index is 2.39. The quantitative estimate of drug-likeness (QED) is 0.837. The van der Waals surface area contributed by atoms with E-state index in [0.717, 1.165) is 34.7 Å². The van der Waals surface area contributed by atoms with E-state index >= 15 is 0 Å². The first kappa shape index (κ1) is 12.7. The van der Waals surface area contributed by atoms with Crippen molar-refractivity contribution < 1.29 is 9.57 Å². The Bertz CT molecular complexity index is 409. The minimum atomic E-state index is 0.0161. The molecule has 0 bridgehead atoms. The molecule has 2 unspecified atom stereocenters. The van der Waals surface area contributed by atoms with Crippen molar-refractivity contribution in [3.05, 3.63) is 28.3 Å². The molecule has 1 aliphatic rings. The van der Waals surface area contributed by atoms with E-state index in [9.17, 15) is 0 Å². The molecule has 2 atom stereocenters. The van der Waals surface area contributed by atoms with Gasteiger partial charge in [0.15, 0.2) is 0 Å². The van der Waals surface area contributed by atoms with Crippen LogP contribution in [0.3, 0.4) is 0 Å². The summed E-state index contributed by atoms with van der Waals surface area (Å²) in [6, 6.07) is 3.92. The Morgan fingerprint density at radius 1 is 1.47 bits per heavy atom. The van der Waals surface area contributed by atoms with Gasteiger partial charge in [-0.2, -0.15) is 5.48 Å². The van der Waals surface area contributed by atoms with Crippen LogP contribution in [0.1, 0.15) is 36.9 Å². The van der Waals surface area contributed by atoms with E-state index in [1.165, 1.54) is 0 Å².